The van der Waals surface area contributed by atoms with Gasteiger partial charge >= 0.3 is 0 Å². The molecule has 1 heterocycles. The van der Waals surface area contributed by atoms with Crippen LogP contribution in [0.1, 0.15) is 24.0 Å². The van der Waals surface area contributed by atoms with E-state index in [1.165, 1.54) is 0 Å². The van der Waals surface area contributed by atoms with E-state index in [0.717, 1.165) is 35.5 Å². The van der Waals surface area contributed by atoms with Gasteiger partial charge in [-0.3, -0.25) is 4.79 Å². The molecule has 5 nitrogen and oxygen atoms in total. The van der Waals surface area contributed by atoms with E-state index in [1.54, 1.807) is 0 Å². The number of nitrogens with two attached hydrogens (primary N) is 1. The molecule has 1 aliphatic rings. The minimum Gasteiger partial charge on any atom is -0.457 e. The predicted octanol–water partition coefficient (Wildman–Crippen LogP) is 3.58. The van der Waals surface area contributed by atoms with Gasteiger partial charge in [-0.2, -0.15) is 0 Å². The maximum absolute atomic E-state index is 12.4. The summed E-state index contributed by atoms with van der Waals surface area (Å²) < 4.78 is 11.3. The Morgan fingerprint density at radius 2 is 1.93 bits per heavy atom. The molecule has 0 aromatic heterocycles. The van der Waals surface area contributed by atoms with Gasteiger partial charge < -0.3 is 20.5 Å². The third-order valence-electron chi connectivity index (χ3n) is 4.72. The van der Waals surface area contributed by atoms with Crippen LogP contribution in [0.25, 0.3) is 0 Å². The average Bonchev–Trinajstić information content (AvgIpc) is 2.68. The predicted molar refractivity (Wildman–Crippen MR) is 108 cm³/mol. The van der Waals surface area contributed by atoms with E-state index in [9.17, 15) is 4.79 Å². The van der Waals surface area contributed by atoms with E-state index in [-0.39, 0.29) is 24.2 Å². The molecule has 2 aromatic carbocycles. The number of hydrogen-bond donors (Lipinski definition) is 2. The molecule has 0 spiro atoms. The molecule has 146 valence electrons. The van der Waals surface area contributed by atoms with Crippen molar-refractivity contribution < 1.29 is 14.3 Å². The molecule has 3 N–H and O–H groups in total. The number of ether oxygens (including phenoxy) is 2. The fourth-order valence-electron chi connectivity index (χ4n) is 3.11. The number of nitrogens with one attached hydrogen (secondary N) is 1. The molecule has 3 rings (SSSR count). The Labute approximate surface area is 166 Å². The monoisotopic (exact) mass is 390 g/mol. The normalized spacial score (nSPS) is 15.5. The van der Waals surface area contributed by atoms with Crippen LogP contribution in [0.5, 0.6) is 11.5 Å². The van der Waals surface area contributed by atoms with Crippen molar-refractivity contribution in [3.8, 4) is 11.5 Å². The van der Waals surface area contributed by atoms with Gasteiger partial charge in [0.15, 0.2) is 0 Å². The highest BCUT2D eigenvalue weighted by atomic mass is 35.5. The van der Waals surface area contributed by atoms with Crippen molar-refractivity contribution in [1.29, 1.82) is 0 Å². The molecular formula is C21H27ClN2O3. The Kier molecular flexibility index (Phi) is 8.10. The third-order valence-corrected chi connectivity index (χ3v) is 4.72. The number of halogens is 1. The minimum absolute atomic E-state index is 0. The van der Waals surface area contributed by atoms with Crippen molar-refractivity contribution in [3.63, 3.8) is 0 Å². The van der Waals surface area contributed by atoms with E-state index in [4.69, 9.17) is 15.2 Å². The number of hydrogen-bond acceptors (Lipinski definition) is 4. The average molecular weight is 391 g/mol. The van der Waals surface area contributed by atoms with Gasteiger partial charge in [-0.05, 0) is 49.4 Å². The lowest BCUT2D eigenvalue weighted by Crippen LogP contribution is -2.46. The van der Waals surface area contributed by atoms with Crippen LogP contribution in [-0.4, -0.2) is 25.2 Å². The summed E-state index contributed by atoms with van der Waals surface area (Å²) in [5.74, 6) is 1.57. The molecule has 27 heavy (non-hydrogen) atoms. The maximum atomic E-state index is 12.4. The van der Waals surface area contributed by atoms with Gasteiger partial charge in [0.05, 0.1) is 6.04 Å². The smallest absolute Gasteiger partial charge is 0.237 e. The minimum atomic E-state index is -0.497. The molecule has 0 saturated carbocycles. The van der Waals surface area contributed by atoms with Crippen LogP contribution in [0.15, 0.2) is 48.5 Å². The molecule has 1 aliphatic heterocycles. The largest absolute Gasteiger partial charge is 0.457 e. The lowest BCUT2D eigenvalue weighted by Gasteiger charge is -2.26. The number of amides is 1. The molecule has 1 atom stereocenters. The van der Waals surface area contributed by atoms with Crippen molar-refractivity contribution >= 4 is 18.3 Å². The zero-order valence-electron chi connectivity index (χ0n) is 15.5. The third kappa shape index (κ3) is 5.96. The summed E-state index contributed by atoms with van der Waals surface area (Å²) in [5, 5.41) is 2.96. The topological polar surface area (TPSA) is 73.6 Å². The van der Waals surface area contributed by atoms with Crippen molar-refractivity contribution in [3.05, 3.63) is 59.7 Å². The fraction of sp³-hybridized carbons (Fsp3) is 0.381. The van der Waals surface area contributed by atoms with Gasteiger partial charge in [-0.25, -0.2) is 0 Å². The molecule has 1 unspecified atom stereocenters. The van der Waals surface area contributed by atoms with Gasteiger partial charge in [0.25, 0.3) is 0 Å². The van der Waals surface area contributed by atoms with Crippen LogP contribution in [0.2, 0.25) is 0 Å². The number of rotatable bonds is 6. The first-order chi connectivity index (χ1) is 12.6. The Morgan fingerprint density at radius 3 is 2.63 bits per heavy atom. The molecule has 2 aromatic rings. The fourth-order valence-corrected chi connectivity index (χ4v) is 3.11. The Balaban J connectivity index is 0.00000261. The van der Waals surface area contributed by atoms with Crippen LogP contribution in [0.3, 0.4) is 0 Å². The van der Waals surface area contributed by atoms with Gasteiger partial charge in [-0.15, -0.1) is 12.4 Å². The van der Waals surface area contributed by atoms with E-state index in [2.05, 4.69) is 5.32 Å². The zero-order chi connectivity index (χ0) is 18.4. The van der Waals surface area contributed by atoms with Crippen molar-refractivity contribution in [2.24, 2.45) is 11.7 Å². The Morgan fingerprint density at radius 1 is 1.22 bits per heavy atom. The molecule has 0 radical (unpaired) electrons. The van der Waals surface area contributed by atoms with E-state index in [0.29, 0.717) is 19.8 Å². The highest BCUT2D eigenvalue weighted by Crippen LogP contribution is 2.26. The second-order valence-corrected chi connectivity index (χ2v) is 6.72. The summed E-state index contributed by atoms with van der Waals surface area (Å²) in [6.07, 6.45) is 1.67. The number of carbonyl (C=O) groups excluding carboxylic acids is 1. The molecular weight excluding hydrogens is 364 g/mol. The van der Waals surface area contributed by atoms with E-state index in [1.807, 2.05) is 55.5 Å². The van der Waals surface area contributed by atoms with E-state index < -0.39 is 6.04 Å². The van der Waals surface area contributed by atoms with Gasteiger partial charge in [0.2, 0.25) is 5.91 Å². The standard InChI is InChI=1S/C21H26N2O3.ClH/c1-15-7-8-17(19(13-15)26-18-5-3-2-4-6-18)14-23-21(24)20(22)16-9-11-25-12-10-16;/h2-8,13,16,20H,9-12,14,22H2,1H3,(H,23,24);1H. The lowest BCUT2D eigenvalue weighted by atomic mass is 9.92. The van der Waals surface area contributed by atoms with Crippen LogP contribution >= 0.6 is 12.4 Å². The number of carbonyl (C=O) groups is 1. The molecule has 0 bridgehead atoms. The molecule has 0 aliphatic carbocycles. The zero-order valence-corrected chi connectivity index (χ0v) is 16.3. The summed E-state index contributed by atoms with van der Waals surface area (Å²) in [7, 11) is 0. The first kappa shape index (κ1) is 21.2. The van der Waals surface area contributed by atoms with Crippen LogP contribution in [0, 0.1) is 12.8 Å². The van der Waals surface area contributed by atoms with Crippen molar-refractivity contribution in [2.75, 3.05) is 13.2 Å². The second-order valence-electron chi connectivity index (χ2n) is 6.72. The summed E-state index contributed by atoms with van der Waals surface area (Å²) >= 11 is 0. The number of aryl methyl sites for hydroxylation is 1. The van der Waals surface area contributed by atoms with Gasteiger partial charge in [-0.1, -0.05) is 30.3 Å². The highest BCUT2D eigenvalue weighted by Gasteiger charge is 2.26. The van der Waals surface area contributed by atoms with Crippen LogP contribution in [0.4, 0.5) is 0 Å². The highest BCUT2D eigenvalue weighted by molar-refractivity contribution is 5.85. The summed E-state index contributed by atoms with van der Waals surface area (Å²) in [5.41, 5.74) is 8.17. The first-order valence-electron chi connectivity index (χ1n) is 9.07. The molecule has 1 saturated heterocycles. The summed E-state index contributed by atoms with van der Waals surface area (Å²) in [4.78, 5) is 12.4. The van der Waals surface area contributed by atoms with Gasteiger partial charge in [0, 0.05) is 25.3 Å². The molecule has 6 heteroatoms. The Hall–Kier alpha value is -2.08. The van der Waals surface area contributed by atoms with E-state index >= 15 is 0 Å². The van der Waals surface area contributed by atoms with Crippen LogP contribution in [-0.2, 0) is 16.1 Å². The second kappa shape index (κ2) is 10.3. The van der Waals surface area contributed by atoms with Crippen molar-refractivity contribution in [2.45, 2.75) is 32.4 Å². The lowest BCUT2D eigenvalue weighted by molar-refractivity contribution is -0.124. The van der Waals surface area contributed by atoms with Gasteiger partial charge in [0.1, 0.15) is 11.5 Å². The number of benzene rings is 2. The maximum Gasteiger partial charge on any atom is 0.237 e. The first-order valence-corrected chi connectivity index (χ1v) is 9.07. The molecule has 1 fully saturated rings. The Bertz CT molecular complexity index is 733. The van der Waals surface area contributed by atoms with Crippen molar-refractivity contribution in [1.82, 2.24) is 5.32 Å². The SMILES string of the molecule is Cc1ccc(CNC(=O)C(N)C2CCOCC2)c(Oc2ccccc2)c1.Cl. The quantitative estimate of drug-likeness (QED) is 0.790. The summed E-state index contributed by atoms with van der Waals surface area (Å²) in [6.45, 7) is 3.76. The number of para-hydroxylation sites is 1. The summed E-state index contributed by atoms with van der Waals surface area (Å²) in [6, 6.07) is 15.1. The molecule has 1 amide bonds. The van der Waals surface area contributed by atoms with Crippen LogP contribution < -0.4 is 15.8 Å².